The maximum Gasteiger partial charge on any atom is 0.203 e. The number of methoxy groups -OCH3 is 3. The largest absolute Gasteiger partial charge is 0.493 e. The molecule has 3 rings (SSSR count). The number of fused-ring (bicyclic) bond motifs is 1. The van der Waals surface area contributed by atoms with Crippen LogP contribution in [-0.4, -0.2) is 31.4 Å². The molecule has 1 heterocycles. The summed E-state index contributed by atoms with van der Waals surface area (Å²) >= 11 is 1.46. The van der Waals surface area contributed by atoms with Crippen molar-refractivity contribution in [3.05, 3.63) is 47.0 Å². The summed E-state index contributed by atoms with van der Waals surface area (Å²) in [4.78, 5) is 4.50. The van der Waals surface area contributed by atoms with Crippen molar-refractivity contribution in [1.82, 2.24) is 4.98 Å². The summed E-state index contributed by atoms with van der Waals surface area (Å²) in [6, 6.07) is 11.3. The molecule has 0 unspecified atom stereocenters. The van der Waals surface area contributed by atoms with Crippen molar-refractivity contribution in [2.75, 3.05) is 21.3 Å². The van der Waals surface area contributed by atoms with Gasteiger partial charge in [0.2, 0.25) is 5.75 Å². The molecule has 0 aliphatic rings. The van der Waals surface area contributed by atoms with Crippen molar-refractivity contribution < 1.29 is 19.3 Å². The van der Waals surface area contributed by atoms with Crippen LogP contribution in [0, 0.1) is 0 Å². The molecule has 0 spiro atoms. The third-order valence-corrected chi connectivity index (χ3v) is 4.64. The SMILES string of the molecule is COc1cc([C@@H](O)c2nc3ccccc3s2)cc(OC)c1OC. The molecule has 6 heteroatoms. The molecule has 0 saturated heterocycles. The zero-order chi connectivity index (χ0) is 16.4. The van der Waals surface area contributed by atoms with Crippen LogP contribution in [0.25, 0.3) is 10.2 Å². The predicted octanol–water partition coefficient (Wildman–Crippen LogP) is 3.40. The molecule has 120 valence electrons. The van der Waals surface area contributed by atoms with Crippen LogP contribution in [0.2, 0.25) is 0 Å². The van der Waals surface area contributed by atoms with Crippen LogP contribution in [-0.2, 0) is 0 Å². The number of benzene rings is 2. The Labute approximate surface area is 138 Å². The van der Waals surface area contributed by atoms with Crippen LogP contribution in [0.3, 0.4) is 0 Å². The van der Waals surface area contributed by atoms with Crippen LogP contribution in [0.4, 0.5) is 0 Å². The number of aromatic nitrogens is 1. The number of para-hydroxylation sites is 1. The van der Waals surface area contributed by atoms with E-state index < -0.39 is 6.10 Å². The number of nitrogens with zero attached hydrogens (tertiary/aromatic N) is 1. The van der Waals surface area contributed by atoms with Gasteiger partial charge in [0.1, 0.15) is 11.1 Å². The van der Waals surface area contributed by atoms with Gasteiger partial charge in [-0.25, -0.2) is 4.98 Å². The summed E-state index contributed by atoms with van der Waals surface area (Å²) < 4.78 is 17.0. The highest BCUT2D eigenvalue weighted by molar-refractivity contribution is 7.18. The lowest BCUT2D eigenvalue weighted by molar-refractivity contribution is 0.218. The smallest absolute Gasteiger partial charge is 0.203 e. The van der Waals surface area contributed by atoms with Crippen molar-refractivity contribution in [3.8, 4) is 17.2 Å². The second-order valence-electron chi connectivity index (χ2n) is 4.88. The van der Waals surface area contributed by atoms with Gasteiger partial charge in [0.15, 0.2) is 11.5 Å². The molecule has 1 atom stereocenters. The molecule has 3 aromatic rings. The summed E-state index contributed by atoms with van der Waals surface area (Å²) in [6.45, 7) is 0. The predicted molar refractivity (Wildman–Crippen MR) is 89.8 cm³/mol. The number of rotatable bonds is 5. The van der Waals surface area contributed by atoms with E-state index in [0.29, 0.717) is 27.8 Å². The lowest BCUT2D eigenvalue weighted by Crippen LogP contribution is -2.02. The Morgan fingerprint density at radius 1 is 1.00 bits per heavy atom. The fourth-order valence-corrected chi connectivity index (χ4v) is 3.39. The van der Waals surface area contributed by atoms with E-state index >= 15 is 0 Å². The van der Waals surface area contributed by atoms with Crippen molar-refractivity contribution in [2.45, 2.75) is 6.10 Å². The summed E-state index contributed by atoms with van der Waals surface area (Å²) in [5.41, 5.74) is 1.51. The minimum atomic E-state index is -0.860. The normalized spacial score (nSPS) is 12.2. The summed E-state index contributed by atoms with van der Waals surface area (Å²) in [7, 11) is 4.64. The molecular weight excluding hydrogens is 314 g/mol. The summed E-state index contributed by atoms with van der Waals surface area (Å²) in [6.07, 6.45) is -0.860. The quantitative estimate of drug-likeness (QED) is 0.776. The van der Waals surface area contributed by atoms with Gasteiger partial charge in [-0.1, -0.05) is 12.1 Å². The first-order valence-electron chi connectivity index (χ1n) is 7.01. The maximum absolute atomic E-state index is 10.7. The molecule has 23 heavy (non-hydrogen) atoms. The van der Waals surface area contributed by atoms with Crippen LogP contribution in [0.1, 0.15) is 16.7 Å². The van der Waals surface area contributed by atoms with Gasteiger partial charge < -0.3 is 19.3 Å². The van der Waals surface area contributed by atoms with Crippen molar-refractivity contribution >= 4 is 21.6 Å². The Hall–Kier alpha value is -2.31. The molecule has 5 nitrogen and oxygen atoms in total. The lowest BCUT2D eigenvalue weighted by atomic mass is 10.1. The summed E-state index contributed by atoms with van der Waals surface area (Å²) in [5.74, 6) is 1.50. The highest BCUT2D eigenvalue weighted by Crippen LogP contribution is 2.41. The summed E-state index contributed by atoms with van der Waals surface area (Å²) in [5, 5.41) is 11.3. The molecular formula is C17H17NO4S. The molecule has 2 aromatic carbocycles. The fraction of sp³-hybridized carbons (Fsp3) is 0.235. The van der Waals surface area contributed by atoms with Gasteiger partial charge in [-0.3, -0.25) is 0 Å². The Balaban J connectivity index is 2.06. The first-order chi connectivity index (χ1) is 11.2. The average Bonchev–Trinajstić information content (AvgIpc) is 3.03. The minimum absolute atomic E-state index is 0.496. The number of hydrogen-bond acceptors (Lipinski definition) is 6. The first kappa shape index (κ1) is 15.6. The Morgan fingerprint density at radius 3 is 2.22 bits per heavy atom. The number of aliphatic hydroxyl groups is 1. The number of aliphatic hydroxyl groups excluding tert-OH is 1. The standard InChI is InChI=1S/C17H17NO4S/c1-20-12-8-10(9-13(21-2)16(12)22-3)15(19)17-18-11-6-4-5-7-14(11)23-17/h4-9,15,19H,1-3H3/t15-/m1/s1. The topological polar surface area (TPSA) is 60.8 Å². The van der Waals surface area contributed by atoms with Gasteiger partial charge in [-0.15, -0.1) is 11.3 Å². The molecule has 1 aromatic heterocycles. The van der Waals surface area contributed by atoms with Crippen LogP contribution < -0.4 is 14.2 Å². The Bertz CT molecular complexity index is 772. The van der Waals surface area contributed by atoms with E-state index in [1.54, 1.807) is 33.5 Å². The van der Waals surface area contributed by atoms with E-state index in [-0.39, 0.29) is 0 Å². The molecule has 1 N–H and O–H groups in total. The van der Waals surface area contributed by atoms with E-state index in [1.807, 2.05) is 24.3 Å². The zero-order valence-electron chi connectivity index (χ0n) is 13.1. The number of ether oxygens (including phenoxy) is 3. The Kier molecular flexibility index (Phi) is 4.36. The second kappa shape index (κ2) is 6.44. The van der Waals surface area contributed by atoms with Crippen molar-refractivity contribution in [1.29, 1.82) is 0 Å². The highest BCUT2D eigenvalue weighted by atomic mass is 32.1. The maximum atomic E-state index is 10.7. The van der Waals surface area contributed by atoms with Crippen molar-refractivity contribution in [3.63, 3.8) is 0 Å². The lowest BCUT2D eigenvalue weighted by Gasteiger charge is -2.16. The van der Waals surface area contributed by atoms with E-state index in [0.717, 1.165) is 10.2 Å². The molecule has 0 bridgehead atoms. The molecule has 0 saturated carbocycles. The first-order valence-corrected chi connectivity index (χ1v) is 7.83. The van der Waals surface area contributed by atoms with Gasteiger partial charge in [0.05, 0.1) is 31.5 Å². The van der Waals surface area contributed by atoms with E-state index in [1.165, 1.54) is 11.3 Å². The fourth-order valence-electron chi connectivity index (χ4n) is 2.41. The van der Waals surface area contributed by atoms with Crippen LogP contribution in [0.15, 0.2) is 36.4 Å². The number of hydrogen-bond donors (Lipinski definition) is 1. The van der Waals surface area contributed by atoms with E-state index in [9.17, 15) is 5.11 Å². The Morgan fingerprint density at radius 2 is 1.65 bits per heavy atom. The zero-order valence-corrected chi connectivity index (χ0v) is 13.9. The minimum Gasteiger partial charge on any atom is -0.493 e. The van der Waals surface area contributed by atoms with Gasteiger partial charge in [0.25, 0.3) is 0 Å². The van der Waals surface area contributed by atoms with Gasteiger partial charge in [-0.05, 0) is 29.8 Å². The third kappa shape index (κ3) is 2.83. The van der Waals surface area contributed by atoms with Crippen molar-refractivity contribution in [2.24, 2.45) is 0 Å². The number of thiazole rings is 1. The monoisotopic (exact) mass is 331 g/mol. The third-order valence-electron chi connectivity index (χ3n) is 3.55. The van der Waals surface area contributed by atoms with E-state index in [4.69, 9.17) is 14.2 Å². The molecule has 0 aliphatic heterocycles. The average molecular weight is 331 g/mol. The van der Waals surface area contributed by atoms with Gasteiger partial charge in [-0.2, -0.15) is 0 Å². The molecule has 0 radical (unpaired) electrons. The van der Waals surface area contributed by atoms with Crippen LogP contribution >= 0.6 is 11.3 Å². The van der Waals surface area contributed by atoms with Crippen LogP contribution in [0.5, 0.6) is 17.2 Å². The molecule has 0 fully saturated rings. The van der Waals surface area contributed by atoms with E-state index in [2.05, 4.69) is 4.98 Å². The van der Waals surface area contributed by atoms with Gasteiger partial charge >= 0.3 is 0 Å². The highest BCUT2D eigenvalue weighted by Gasteiger charge is 2.21. The molecule has 0 aliphatic carbocycles. The van der Waals surface area contributed by atoms with Gasteiger partial charge in [0, 0.05) is 0 Å². The molecule has 0 amide bonds. The second-order valence-corrected chi connectivity index (χ2v) is 5.94.